The minimum atomic E-state index is -4.99. The number of sulfonamides is 1. The van der Waals surface area contributed by atoms with Crippen LogP contribution < -0.4 is 9.62 Å². The van der Waals surface area contributed by atoms with E-state index in [2.05, 4.69) is 5.32 Å². The predicted molar refractivity (Wildman–Crippen MR) is 146 cm³/mol. The number of aliphatic hydroxyl groups is 2. The number of carbonyl (C=O) groups is 2. The number of aryl methyl sites for hydroxylation is 1. The van der Waals surface area contributed by atoms with Crippen LogP contribution in [0.1, 0.15) is 44.2 Å². The van der Waals surface area contributed by atoms with Crippen LogP contribution in [0.5, 0.6) is 0 Å². The van der Waals surface area contributed by atoms with Crippen LogP contribution in [-0.2, 0) is 31.6 Å². The topological polar surface area (TPSA) is 136 Å². The van der Waals surface area contributed by atoms with Gasteiger partial charge in [0.05, 0.1) is 36.3 Å². The Balaban J connectivity index is 1.62. The van der Waals surface area contributed by atoms with E-state index < -0.39 is 56.8 Å². The Kier molecular flexibility index (Phi) is 9.01. The van der Waals surface area contributed by atoms with Gasteiger partial charge in [0.1, 0.15) is 11.4 Å². The fraction of sp³-hybridized carbons (Fsp3) is 0.500. The number of fused-ring (bicyclic) bond motifs is 1. The molecule has 2 aromatic rings. The van der Waals surface area contributed by atoms with E-state index >= 15 is 0 Å². The van der Waals surface area contributed by atoms with Gasteiger partial charge >= 0.3 is 12.3 Å². The zero-order valence-corrected chi connectivity index (χ0v) is 24.3. The Morgan fingerprint density at radius 2 is 1.84 bits per heavy atom. The van der Waals surface area contributed by atoms with Gasteiger partial charge in [-0.3, -0.25) is 9.10 Å². The van der Waals surface area contributed by atoms with E-state index in [-0.39, 0.29) is 68.1 Å². The van der Waals surface area contributed by atoms with Crippen LogP contribution in [-0.4, -0.2) is 79.6 Å². The maximum absolute atomic E-state index is 13.9. The molecule has 0 saturated carbocycles. The van der Waals surface area contributed by atoms with Gasteiger partial charge in [-0.25, -0.2) is 17.6 Å². The van der Waals surface area contributed by atoms with Crippen molar-refractivity contribution < 1.29 is 50.5 Å². The summed E-state index contributed by atoms with van der Waals surface area (Å²) in [4.78, 5) is 26.1. The number of β-amino-alcohol motifs (C(OH)–C–C–N with tert-alkyl or cyclic N) is 1. The highest BCUT2D eigenvalue weighted by Crippen LogP contribution is 2.43. The van der Waals surface area contributed by atoms with E-state index in [1.807, 2.05) is 0 Å². The molecule has 0 aliphatic carbocycles. The third-order valence-electron chi connectivity index (χ3n) is 7.81. The average molecular weight is 632 g/mol. The van der Waals surface area contributed by atoms with Crippen molar-refractivity contribution in [3.63, 3.8) is 0 Å². The molecule has 1 fully saturated rings. The highest BCUT2D eigenvalue weighted by Gasteiger charge is 2.51. The van der Waals surface area contributed by atoms with Crippen molar-refractivity contribution >= 4 is 27.7 Å². The second-order valence-electron chi connectivity index (χ2n) is 10.9. The molecule has 2 amide bonds. The number of anilines is 1. The lowest BCUT2D eigenvalue weighted by molar-refractivity contribution is -0.258. The molecule has 0 aromatic heterocycles. The molecular weight excluding hydrogens is 598 g/mol. The summed E-state index contributed by atoms with van der Waals surface area (Å²) in [5.41, 5.74) is -4.83. The van der Waals surface area contributed by atoms with Crippen LogP contribution in [0.2, 0.25) is 0 Å². The Bertz CT molecular complexity index is 1470. The molecular formula is C28H33F4N3O7S. The molecule has 0 radical (unpaired) electrons. The smallest absolute Gasteiger partial charge is 0.421 e. The molecule has 1 saturated heterocycles. The van der Waals surface area contributed by atoms with Crippen molar-refractivity contribution in [1.82, 2.24) is 10.2 Å². The third kappa shape index (κ3) is 6.73. The molecule has 3 atom stereocenters. The molecule has 10 nitrogen and oxygen atoms in total. The normalized spacial score (nSPS) is 22.1. The monoisotopic (exact) mass is 631 g/mol. The lowest BCUT2D eigenvalue weighted by Gasteiger charge is -2.39. The number of ether oxygens (including phenoxy) is 1. The van der Waals surface area contributed by atoms with Gasteiger partial charge in [-0.15, -0.1) is 0 Å². The second-order valence-corrected chi connectivity index (χ2v) is 12.7. The Labute approximate surface area is 246 Å². The summed E-state index contributed by atoms with van der Waals surface area (Å²) in [7, 11) is -4.43. The van der Waals surface area contributed by atoms with Crippen molar-refractivity contribution in [3.05, 3.63) is 59.4 Å². The van der Waals surface area contributed by atoms with Crippen molar-refractivity contribution in [2.75, 3.05) is 30.5 Å². The van der Waals surface area contributed by atoms with E-state index in [4.69, 9.17) is 4.74 Å². The lowest BCUT2D eigenvalue weighted by atomic mass is 9.89. The minimum Gasteiger partial charge on any atom is -0.450 e. The maximum Gasteiger partial charge on any atom is 0.421 e. The van der Waals surface area contributed by atoms with E-state index in [0.29, 0.717) is 6.92 Å². The highest BCUT2D eigenvalue weighted by atomic mass is 32.2. The number of halogens is 4. The van der Waals surface area contributed by atoms with Gasteiger partial charge in [0, 0.05) is 13.0 Å². The molecule has 0 bridgehead atoms. The predicted octanol–water partition coefficient (Wildman–Crippen LogP) is 3.21. The summed E-state index contributed by atoms with van der Waals surface area (Å²) in [6.45, 7) is 2.22. The van der Waals surface area contributed by atoms with Crippen LogP contribution >= 0.6 is 0 Å². The standard InChI is InChI=1S/C28H33F4N3O7S/c1-3-42-25(37)33-16-27(39)12-13-34(17-27)24(36)15-21-8-4-18-14-19(26(2,38)28(30,31)32)5-11-23(18)35(21)43(40,41)22-9-6-20(29)7-10-22/h5-7,9-11,14,21,38-39H,3-4,8,12-13,15-17H2,1-2H3,(H,33,37)/t21-,26?,27?/m0/s1. The van der Waals surface area contributed by atoms with Crippen LogP contribution in [0.25, 0.3) is 0 Å². The first-order chi connectivity index (χ1) is 20.0. The summed E-state index contributed by atoms with van der Waals surface area (Å²) in [5.74, 6) is -1.15. The minimum absolute atomic E-state index is 0.0339. The summed E-state index contributed by atoms with van der Waals surface area (Å²) < 4.78 is 87.7. The fourth-order valence-corrected chi connectivity index (χ4v) is 7.01. The number of hydrogen-bond donors (Lipinski definition) is 3. The molecule has 2 aromatic carbocycles. The first kappa shape index (κ1) is 32.5. The van der Waals surface area contributed by atoms with Gasteiger partial charge in [0.15, 0.2) is 5.60 Å². The Hall–Kier alpha value is -3.43. The second kappa shape index (κ2) is 11.9. The van der Waals surface area contributed by atoms with Crippen molar-refractivity contribution in [2.45, 2.75) is 67.8 Å². The van der Waals surface area contributed by atoms with Crippen LogP contribution in [0.15, 0.2) is 47.4 Å². The number of carbonyl (C=O) groups excluding carboxylic acids is 2. The van der Waals surface area contributed by atoms with E-state index in [1.54, 1.807) is 6.92 Å². The number of amides is 2. The van der Waals surface area contributed by atoms with Crippen LogP contribution in [0.3, 0.4) is 0 Å². The van der Waals surface area contributed by atoms with Crippen molar-refractivity contribution in [3.8, 4) is 0 Å². The highest BCUT2D eigenvalue weighted by molar-refractivity contribution is 7.92. The van der Waals surface area contributed by atoms with E-state index in [1.165, 1.54) is 4.90 Å². The number of alkyl halides is 3. The number of nitrogens with one attached hydrogen (secondary N) is 1. The largest absolute Gasteiger partial charge is 0.450 e. The van der Waals surface area contributed by atoms with E-state index in [9.17, 15) is 45.8 Å². The SMILES string of the molecule is CCOC(=O)NCC1(O)CCN(C(=O)C[C@@H]2CCc3cc(C(C)(O)C(F)(F)F)ccc3N2S(=O)(=O)c2ccc(F)cc2)C1. The van der Waals surface area contributed by atoms with Gasteiger partial charge in [-0.2, -0.15) is 13.2 Å². The zero-order valence-electron chi connectivity index (χ0n) is 23.5. The molecule has 2 aliphatic rings. The quantitative estimate of drug-likeness (QED) is 0.381. The number of likely N-dealkylation sites (tertiary alicyclic amines) is 1. The molecule has 0 spiro atoms. The van der Waals surface area contributed by atoms with Crippen molar-refractivity contribution in [1.29, 1.82) is 0 Å². The molecule has 2 aliphatic heterocycles. The van der Waals surface area contributed by atoms with Gasteiger partial charge in [-0.05, 0) is 74.6 Å². The molecule has 2 unspecified atom stereocenters. The van der Waals surface area contributed by atoms with Crippen molar-refractivity contribution in [2.24, 2.45) is 0 Å². The average Bonchev–Trinajstić information content (AvgIpc) is 3.33. The summed E-state index contributed by atoms with van der Waals surface area (Å²) >= 11 is 0. The van der Waals surface area contributed by atoms with Crippen LogP contribution in [0, 0.1) is 5.82 Å². The number of benzene rings is 2. The summed E-state index contributed by atoms with van der Waals surface area (Å²) in [6.07, 6.45) is -5.71. The number of rotatable bonds is 8. The van der Waals surface area contributed by atoms with Gasteiger partial charge in [0.25, 0.3) is 10.0 Å². The molecule has 2 heterocycles. The molecule has 15 heteroatoms. The Morgan fingerprint density at radius 3 is 2.47 bits per heavy atom. The first-order valence-electron chi connectivity index (χ1n) is 13.6. The van der Waals surface area contributed by atoms with Gasteiger partial charge in [0.2, 0.25) is 5.91 Å². The molecule has 43 heavy (non-hydrogen) atoms. The number of nitrogens with zero attached hydrogens (tertiary/aromatic N) is 2. The van der Waals surface area contributed by atoms with Gasteiger partial charge < -0.3 is 25.2 Å². The molecule has 4 rings (SSSR count). The third-order valence-corrected chi connectivity index (χ3v) is 9.69. The number of alkyl carbamates (subject to hydrolysis) is 1. The zero-order chi connectivity index (χ0) is 31.8. The van der Waals surface area contributed by atoms with Crippen LogP contribution in [0.4, 0.5) is 28.0 Å². The molecule has 236 valence electrons. The summed E-state index contributed by atoms with van der Waals surface area (Å²) in [6, 6.07) is 6.31. The molecule has 3 N–H and O–H groups in total. The summed E-state index contributed by atoms with van der Waals surface area (Å²) in [5, 5.41) is 23.5. The Morgan fingerprint density at radius 1 is 1.16 bits per heavy atom. The van der Waals surface area contributed by atoms with E-state index in [0.717, 1.165) is 46.8 Å². The van der Waals surface area contributed by atoms with Gasteiger partial charge in [-0.1, -0.05) is 12.1 Å². The maximum atomic E-state index is 13.9. The first-order valence-corrected chi connectivity index (χ1v) is 15.1. The fourth-order valence-electron chi connectivity index (χ4n) is 5.30. The lowest BCUT2D eigenvalue weighted by Crippen LogP contribution is -2.48. The number of hydrogen-bond acceptors (Lipinski definition) is 7.